The summed E-state index contributed by atoms with van der Waals surface area (Å²) in [6, 6.07) is 13.9. The van der Waals surface area contributed by atoms with E-state index < -0.39 is 0 Å². The highest BCUT2D eigenvalue weighted by atomic mass is 19.1. The van der Waals surface area contributed by atoms with Gasteiger partial charge in [0.2, 0.25) is 0 Å². The summed E-state index contributed by atoms with van der Waals surface area (Å²) in [4.78, 5) is 12.7. The van der Waals surface area contributed by atoms with Gasteiger partial charge in [-0.15, -0.1) is 0 Å². The Kier molecular flexibility index (Phi) is 7.54. The molecule has 1 saturated heterocycles. The molecule has 0 bridgehead atoms. The van der Waals surface area contributed by atoms with Crippen LogP contribution >= 0.6 is 0 Å². The van der Waals surface area contributed by atoms with Crippen LogP contribution in [0.3, 0.4) is 0 Å². The summed E-state index contributed by atoms with van der Waals surface area (Å²) < 4.78 is 23.6. The lowest BCUT2D eigenvalue weighted by Crippen LogP contribution is -2.38. The molecule has 5 nitrogen and oxygen atoms in total. The first-order valence-corrected chi connectivity index (χ1v) is 11.2. The second kappa shape index (κ2) is 10.7. The Morgan fingerprint density at radius 3 is 2.77 bits per heavy atom. The lowest BCUT2D eigenvalue weighted by Gasteiger charge is -2.26. The summed E-state index contributed by atoms with van der Waals surface area (Å²) >= 11 is 0. The van der Waals surface area contributed by atoms with Gasteiger partial charge in [0, 0.05) is 31.3 Å². The number of carbonyl (C=O) groups is 1. The van der Waals surface area contributed by atoms with Crippen LogP contribution in [0.5, 0.6) is 5.75 Å². The molecular formula is C25H31FN2O3. The molecule has 166 valence electrons. The average Bonchev–Trinajstić information content (AvgIpc) is 3.32. The number of nitrogens with one attached hydrogen (secondary N) is 2. The van der Waals surface area contributed by atoms with Crippen LogP contribution in [0.1, 0.15) is 46.3 Å². The zero-order valence-corrected chi connectivity index (χ0v) is 17.9. The molecule has 6 heteroatoms. The van der Waals surface area contributed by atoms with E-state index in [2.05, 4.69) is 28.8 Å². The fourth-order valence-corrected chi connectivity index (χ4v) is 4.28. The summed E-state index contributed by atoms with van der Waals surface area (Å²) in [5.74, 6) is 0.710. The molecule has 4 rings (SSSR count). The van der Waals surface area contributed by atoms with Gasteiger partial charge in [0.1, 0.15) is 19.0 Å². The molecule has 31 heavy (non-hydrogen) atoms. The monoisotopic (exact) mass is 426 g/mol. The zero-order valence-electron chi connectivity index (χ0n) is 17.9. The molecule has 2 aromatic rings. The molecule has 0 aromatic heterocycles. The maximum atomic E-state index is 12.7. The molecule has 2 N–H and O–H groups in total. The number of rotatable bonds is 9. The standard InChI is InChI=1S/C25H31FN2O3/c26-11-12-27-16-18-3-4-21-15-22(8-5-20(21)14-18)28-25(29)19-6-9-23(10-7-19)31-17-24-2-1-13-30-24/h3-4,6-7,9-10,14,22,24,27H,1-2,5,8,11-13,15-17H2,(H,28,29)/t22-,24-/m0/s1. The maximum Gasteiger partial charge on any atom is 0.251 e. The van der Waals surface area contributed by atoms with Crippen LogP contribution in [-0.2, 0) is 24.1 Å². The van der Waals surface area contributed by atoms with E-state index >= 15 is 0 Å². The van der Waals surface area contributed by atoms with Crippen molar-refractivity contribution in [2.24, 2.45) is 0 Å². The fraction of sp³-hybridized carbons (Fsp3) is 0.480. The highest BCUT2D eigenvalue weighted by Gasteiger charge is 2.21. The van der Waals surface area contributed by atoms with Crippen molar-refractivity contribution in [2.45, 2.75) is 50.8 Å². The summed E-state index contributed by atoms with van der Waals surface area (Å²) in [5, 5.41) is 6.26. The van der Waals surface area contributed by atoms with Crippen molar-refractivity contribution in [3.8, 4) is 5.75 Å². The largest absolute Gasteiger partial charge is 0.491 e. The molecule has 0 saturated carbocycles. The molecule has 1 amide bonds. The Labute approximate surface area is 183 Å². The number of hydrogen-bond acceptors (Lipinski definition) is 4. The van der Waals surface area contributed by atoms with Crippen LogP contribution in [0.15, 0.2) is 42.5 Å². The molecule has 1 heterocycles. The van der Waals surface area contributed by atoms with E-state index in [1.54, 1.807) is 0 Å². The van der Waals surface area contributed by atoms with Crippen LogP contribution in [-0.4, -0.2) is 44.5 Å². The van der Waals surface area contributed by atoms with E-state index in [1.807, 2.05) is 24.3 Å². The molecule has 1 fully saturated rings. The number of hydrogen-bond donors (Lipinski definition) is 2. The van der Waals surface area contributed by atoms with Crippen molar-refractivity contribution < 1.29 is 18.7 Å². The van der Waals surface area contributed by atoms with Gasteiger partial charge >= 0.3 is 0 Å². The Hall–Kier alpha value is -2.44. The molecule has 1 aliphatic heterocycles. The number of benzene rings is 2. The number of fused-ring (bicyclic) bond motifs is 1. The molecule has 2 aliphatic rings. The van der Waals surface area contributed by atoms with Crippen molar-refractivity contribution in [3.63, 3.8) is 0 Å². The summed E-state index contributed by atoms with van der Waals surface area (Å²) in [7, 11) is 0. The Bertz CT molecular complexity index is 866. The molecule has 2 atom stereocenters. The zero-order chi connectivity index (χ0) is 21.5. The number of ether oxygens (including phenoxy) is 2. The third-order valence-corrected chi connectivity index (χ3v) is 6.01. The molecule has 0 unspecified atom stereocenters. The number of carbonyl (C=O) groups excluding carboxylic acids is 1. The third kappa shape index (κ3) is 6.05. The second-order valence-electron chi connectivity index (χ2n) is 8.35. The first kappa shape index (κ1) is 21.8. The topological polar surface area (TPSA) is 59.6 Å². The van der Waals surface area contributed by atoms with Crippen LogP contribution in [0.25, 0.3) is 0 Å². The lowest BCUT2D eigenvalue weighted by molar-refractivity contribution is 0.0679. The van der Waals surface area contributed by atoms with Crippen molar-refractivity contribution in [1.29, 1.82) is 0 Å². The smallest absolute Gasteiger partial charge is 0.251 e. The van der Waals surface area contributed by atoms with Gasteiger partial charge in [0.15, 0.2) is 0 Å². The van der Waals surface area contributed by atoms with Gasteiger partial charge in [-0.3, -0.25) is 4.79 Å². The molecule has 0 radical (unpaired) electrons. The van der Waals surface area contributed by atoms with Gasteiger partial charge in [0.05, 0.1) is 6.10 Å². The summed E-state index contributed by atoms with van der Waals surface area (Å²) in [6.07, 6.45) is 5.01. The van der Waals surface area contributed by atoms with Crippen molar-refractivity contribution in [3.05, 3.63) is 64.7 Å². The Balaban J connectivity index is 1.27. The van der Waals surface area contributed by atoms with Crippen molar-refractivity contribution >= 4 is 5.91 Å². The van der Waals surface area contributed by atoms with Gasteiger partial charge < -0.3 is 20.1 Å². The minimum Gasteiger partial charge on any atom is -0.491 e. The van der Waals surface area contributed by atoms with E-state index in [4.69, 9.17) is 9.47 Å². The summed E-state index contributed by atoms with van der Waals surface area (Å²) in [6.45, 7) is 2.09. The van der Waals surface area contributed by atoms with E-state index in [-0.39, 0.29) is 24.7 Å². The number of halogens is 1. The maximum absolute atomic E-state index is 12.7. The minimum absolute atomic E-state index is 0.0498. The Morgan fingerprint density at radius 2 is 2.00 bits per heavy atom. The van der Waals surface area contributed by atoms with Crippen LogP contribution in [0, 0.1) is 0 Å². The fourth-order valence-electron chi connectivity index (χ4n) is 4.28. The lowest BCUT2D eigenvalue weighted by atomic mass is 9.87. The first-order chi connectivity index (χ1) is 15.2. The van der Waals surface area contributed by atoms with E-state index in [0.717, 1.165) is 44.5 Å². The quantitative estimate of drug-likeness (QED) is 0.602. The van der Waals surface area contributed by atoms with Gasteiger partial charge in [-0.25, -0.2) is 4.39 Å². The molecule has 0 spiro atoms. The third-order valence-electron chi connectivity index (χ3n) is 6.01. The predicted molar refractivity (Wildman–Crippen MR) is 118 cm³/mol. The second-order valence-corrected chi connectivity index (χ2v) is 8.35. The number of amides is 1. The van der Waals surface area contributed by atoms with Crippen molar-refractivity contribution in [2.75, 3.05) is 26.4 Å². The van der Waals surface area contributed by atoms with Crippen LogP contribution in [0.4, 0.5) is 4.39 Å². The highest BCUT2D eigenvalue weighted by molar-refractivity contribution is 5.94. The minimum atomic E-state index is -0.350. The molecule has 1 aliphatic carbocycles. The Morgan fingerprint density at radius 1 is 1.13 bits per heavy atom. The molecular weight excluding hydrogens is 395 g/mol. The normalized spacial score (nSPS) is 20.3. The van der Waals surface area contributed by atoms with Gasteiger partial charge in [-0.1, -0.05) is 18.2 Å². The van der Waals surface area contributed by atoms with E-state index in [0.29, 0.717) is 25.3 Å². The molecule has 2 aromatic carbocycles. The SMILES string of the molecule is O=C(N[C@H]1CCc2cc(CNCCF)ccc2C1)c1ccc(OC[C@@H]2CCCO2)cc1. The number of aryl methyl sites for hydroxylation is 1. The predicted octanol–water partition coefficient (Wildman–Crippen LogP) is 3.59. The van der Waals surface area contributed by atoms with Gasteiger partial charge in [-0.2, -0.15) is 0 Å². The van der Waals surface area contributed by atoms with E-state index in [1.165, 1.54) is 16.7 Å². The van der Waals surface area contributed by atoms with Gasteiger partial charge in [-0.05, 0) is 73.1 Å². The van der Waals surface area contributed by atoms with Crippen LogP contribution in [0.2, 0.25) is 0 Å². The van der Waals surface area contributed by atoms with Crippen molar-refractivity contribution in [1.82, 2.24) is 10.6 Å². The summed E-state index contributed by atoms with van der Waals surface area (Å²) in [5.41, 5.74) is 4.43. The van der Waals surface area contributed by atoms with Gasteiger partial charge in [0.25, 0.3) is 5.91 Å². The van der Waals surface area contributed by atoms with E-state index in [9.17, 15) is 9.18 Å². The average molecular weight is 427 g/mol. The highest BCUT2D eigenvalue weighted by Crippen LogP contribution is 2.23. The first-order valence-electron chi connectivity index (χ1n) is 11.2. The number of alkyl halides is 1. The van der Waals surface area contributed by atoms with Crippen LogP contribution < -0.4 is 15.4 Å².